The predicted octanol–water partition coefficient (Wildman–Crippen LogP) is 2.94. The molecule has 70 valence electrons. The van der Waals surface area contributed by atoms with Crippen LogP contribution < -0.4 is 0 Å². The zero-order valence-electron chi connectivity index (χ0n) is 8.59. The molecule has 0 aliphatic rings. The van der Waals surface area contributed by atoms with Crippen molar-refractivity contribution >= 4 is 12.4 Å². The Morgan fingerprint density at radius 1 is 0.636 bits per heavy atom. The summed E-state index contributed by atoms with van der Waals surface area (Å²) in [7, 11) is 0. The Kier molecular flexibility index (Phi) is 7.34. The summed E-state index contributed by atoms with van der Waals surface area (Å²) in [5, 5.41) is 0. The average molecular weight is 180 g/mol. The van der Waals surface area contributed by atoms with E-state index in [2.05, 4.69) is 46.4 Å². The predicted molar refractivity (Wildman–Crippen MR) is 54.5 cm³/mol. The summed E-state index contributed by atoms with van der Waals surface area (Å²) in [5.74, 6) is 0. The van der Waals surface area contributed by atoms with Crippen molar-refractivity contribution in [2.24, 2.45) is 0 Å². The maximum atomic E-state index is 2.50. The lowest BCUT2D eigenvalue weighted by Crippen LogP contribution is -2.42. The molecule has 0 aliphatic heterocycles. The Balaban J connectivity index is 0. The quantitative estimate of drug-likeness (QED) is 0.644. The van der Waals surface area contributed by atoms with Gasteiger partial charge in [-0.1, -0.05) is 0 Å². The van der Waals surface area contributed by atoms with Crippen LogP contribution in [0.5, 0.6) is 0 Å². The lowest BCUT2D eigenvalue weighted by molar-refractivity contribution is 0.133. The van der Waals surface area contributed by atoms with Crippen LogP contribution in [0.1, 0.15) is 41.5 Å². The third-order valence-corrected chi connectivity index (χ3v) is 1.79. The molecule has 0 rings (SSSR count). The number of hydrogen-bond donors (Lipinski definition) is 0. The smallest absolute Gasteiger partial charge is 0.00439 e. The highest BCUT2D eigenvalue weighted by Crippen LogP contribution is 2.08. The minimum Gasteiger partial charge on any atom is -0.296 e. The largest absolute Gasteiger partial charge is 0.296 e. The SMILES string of the molecule is CC(C)N(C(C)C)C(C)C.Cl. The van der Waals surface area contributed by atoms with Gasteiger partial charge in [-0.2, -0.15) is 0 Å². The molecule has 1 nitrogen and oxygen atoms in total. The van der Waals surface area contributed by atoms with Crippen molar-refractivity contribution < 1.29 is 0 Å². The standard InChI is InChI=1S/C9H21N.ClH/c1-7(2)10(8(3)4)9(5)6;/h7-9H,1-6H3;1H. The molecule has 11 heavy (non-hydrogen) atoms. The Morgan fingerprint density at radius 2 is 0.818 bits per heavy atom. The summed E-state index contributed by atoms with van der Waals surface area (Å²) >= 11 is 0. The van der Waals surface area contributed by atoms with Gasteiger partial charge in [-0.15, -0.1) is 12.4 Å². The van der Waals surface area contributed by atoms with E-state index in [1.54, 1.807) is 0 Å². The van der Waals surface area contributed by atoms with E-state index in [4.69, 9.17) is 0 Å². The molecule has 0 unspecified atom stereocenters. The third kappa shape index (κ3) is 4.65. The first-order valence-corrected chi connectivity index (χ1v) is 4.24. The molecule has 0 fully saturated rings. The molecule has 0 aromatic heterocycles. The van der Waals surface area contributed by atoms with E-state index >= 15 is 0 Å². The van der Waals surface area contributed by atoms with Gasteiger partial charge in [0.25, 0.3) is 0 Å². The van der Waals surface area contributed by atoms with E-state index in [9.17, 15) is 0 Å². The molecule has 0 saturated carbocycles. The maximum Gasteiger partial charge on any atom is 0.00439 e. The van der Waals surface area contributed by atoms with Crippen LogP contribution in [0.25, 0.3) is 0 Å². The number of nitrogens with zero attached hydrogens (tertiary/aromatic N) is 1. The van der Waals surface area contributed by atoms with Crippen LogP contribution in [0.15, 0.2) is 0 Å². The molecule has 0 heterocycles. The minimum atomic E-state index is 0. The average Bonchev–Trinajstić information content (AvgIpc) is 1.59. The summed E-state index contributed by atoms with van der Waals surface area (Å²) in [6, 6.07) is 2.00. The van der Waals surface area contributed by atoms with Gasteiger partial charge in [0.05, 0.1) is 0 Å². The van der Waals surface area contributed by atoms with Gasteiger partial charge in [-0.3, -0.25) is 4.90 Å². The molecule has 0 atom stereocenters. The fourth-order valence-electron chi connectivity index (χ4n) is 1.79. The fraction of sp³-hybridized carbons (Fsp3) is 1.00. The van der Waals surface area contributed by atoms with Crippen LogP contribution >= 0.6 is 12.4 Å². The van der Waals surface area contributed by atoms with E-state index in [0.29, 0.717) is 18.1 Å². The van der Waals surface area contributed by atoms with Crippen LogP contribution in [-0.2, 0) is 0 Å². The van der Waals surface area contributed by atoms with Crippen molar-refractivity contribution in [2.45, 2.75) is 59.7 Å². The van der Waals surface area contributed by atoms with Crippen LogP contribution in [-0.4, -0.2) is 23.0 Å². The highest BCUT2D eigenvalue weighted by Gasteiger charge is 2.15. The van der Waals surface area contributed by atoms with E-state index in [0.717, 1.165) is 0 Å². The minimum absolute atomic E-state index is 0. The lowest BCUT2D eigenvalue weighted by Gasteiger charge is -2.34. The Morgan fingerprint density at radius 3 is 0.818 bits per heavy atom. The van der Waals surface area contributed by atoms with E-state index in [-0.39, 0.29) is 12.4 Å². The second kappa shape index (κ2) is 5.84. The second-order valence-corrected chi connectivity index (χ2v) is 3.73. The summed E-state index contributed by atoms with van der Waals surface area (Å²) in [5.41, 5.74) is 0. The first-order valence-electron chi connectivity index (χ1n) is 4.24. The van der Waals surface area contributed by atoms with Crippen LogP contribution in [0.3, 0.4) is 0 Å². The first kappa shape index (κ1) is 13.8. The van der Waals surface area contributed by atoms with Crippen molar-refractivity contribution in [3.05, 3.63) is 0 Å². The van der Waals surface area contributed by atoms with Crippen LogP contribution in [0, 0.1) is 0 Å². The van der Waals surface area contributed by atoms with Gasteiger partial charge in [0.1, 0.15) is 0 Å². The molecule has 0 bridgehead atoms. The number of hydrogen-bond acceptors (Lipinski definition) is 1. The molecule has 0 amide bonds. The first-order chi connectivity index (χ1) is 4.46. The molecule has 0 saturated heterocycles. The Labute approximate surface area is 77.6 Å². The van der Waals surface area contributed by atoms with Gasteiger partial charge in [0.2, 0.25) is 0 Å². The molecule has 0 aromatic carbocycles. The van der Waals surface area contributed by atoms with Crippen molar-refractivity contribution in [1.29, 1.82) is 0 Å². The van der Waals surface area contributed by atoms with Crippen LogP contribution in [0.4, 0.5) is 0 Å². The number of halogens is 1. The molecular formula is C9H22ClN. The van der Waals surface area contributed by atoms with Gasteiger partial charge >= 0.3 is 0 Å². The molecule has 0 spiro atoms. The number of rotatable bonds is 3. The fourth-order valence-corrected chi connectivity index (χ4v) is 1.79. The van der Waals surface area contributed by atoms with Gasteiger partial charge in [0.15, 0.2) is 0 Å². The second-order valence-electron chi connectivity index (χ2n) is 3.73. The zero-order chi connectivity index (χ0) is 8.31. The molecular weight excluding hydrogens is 158 g/mol. The maximum absolute atomic E-state index is 2.50. The lowest BCUT2D eigenvalue weighted by atomic mass is 10.2. The van der Waals surface area contributed by atoms with Crippen molar-refractivity contribution in [2.75, 3.05) is 0 Å². The molecule has 0 N–H and O–H groups in total. The summed E-state index contributed by atoms with van der Waals surface area (Å²) in [6.45, 7) is 13.5. The van der Waals surface area contributed by atoms with Gasteiger partial charge in [0, 0.05) is 18.1 Å². The van der Waals surface area contributed by atoms with E-state index < -0.39 is 0 Å². The highest BCUT2D eigenvalue weighted by molar-refractivity contribution is 5.85. The van der Waals surface area contributed by atoms with Crippen LogP contribution in [0.2, 0.25) is 0 Å². The van der Waals surface area contributed by atoms with Gasteiger partial charge in [-0.25, -0.2) is 0 Å². The topological polar surface area (TPSA) is 3.24 Å². The summed E-state index contributed by atoms with van der Waals surface area (Å²) in [4.78, 5) is 2.50. The van der Waals surface area contributed by atoms with Crippen molar-refractivity contribution in [3.8, 4) is 0 Å². The molecule has 0 aromatic rings. The molecule has 0 aliphatic carbocycles. The third-order valence-electron chi connectivity index (χ3n) is 1.79. The van der Waals surface area contributed by atoms with Gasteiger partial charge in [-0.05, 0) is 41.5 Å². The van der Waals surface area contributed by atoms with E-state index in [1.807, 2.05) is 0 Å². The van der Waals surface area contributed by atoms with E-state index in [1.165, 1.54) is 0 Å². The monoisotopic (exact) mass is 179 g/mol. The zero-order valence-corrected chi connectivity index (χ0v) is 9.40. The molecule has 0 radical (unpaired) electrons. The highest BCUT2D eigenvalue weighted by atomic mass is 35.5. The Hall–Kier alpha value is 0.250. The van der Waals surface area contributed by atoms with Gasteiger partial charge < -0.3 is 0 Å². The Bertz CT molecular complexity index is 70.5. The summed E-state index contributed by atoms with van der Waals surface area (Å²) < 4.78 is 0. The summed E-state index contributed by atoms with van der Waals surface area (Å²) in [6.07, 6.45) is 0. The molecule has 2 heteroatoms. The van der Waals surface area contributed by atoms with Crippen molar-refractivity contribution in [3.63, 3.8) is 0 Å². The van der Waals surface area contributed by atoms with Crippen molar-refractivity contribution in [1.82, 2.24) is 4.90 Å². The normalized spacial score (nSPS) is 11.5.